The van der Waals surface area contributed by atoms with E-state index in [0.717, 1.165) is 11.1 Å². The lowest BCUT2D eigenvalue weighted by Crippen LogP contribution is -2.30. The zero-order valence-corrected chi connectivity index (χ0v) is 12.7. The number of ether oxygens (including phenoxy) is 1. The van der Waals surface area contributed by atoms with Crippen LogP contribution in [0.2, 0.25) is 5.02 Å². The third-order valence-corrected chi connectivity index (χ3v) is 4.00. The summed E-state index contributed by atoms with van der Waals surface area (Å²) in [5, 5.41) is 0.642. The van der Waals surface area contributed by atoms with Crippen molar-refractivity contribution in [2.24, 2.45) is 5.84 Å². The van der Waals surface area contributed by atoms with E-state index in [2.05, 4.69) is 5.43 Å². The Morgan fingerprint density at radius 1 is 1.29 bits per heavy atom. The molecule has 0 saturated carbocycles. The molecule has 112 valence electrons. The van der Waals surface area contributed by atoms with Crippen LogP contribution in [0.5, 0.6) is 5.75 Å². The maximum atomic E-state index is 14.2. The van der Waals surface area contributed by atoms with Crippen LogP contribution in [0.1, 0.15) is 22.7 Å². The second-order valence-electron chi connectivity index (χ2n) is 4.83. The number of hydrogen-bond donors (Lipinski definition) is 2. The predicted molar refractivity (Wildman–Crippen MR) is 82.9 cm³/mol. The highest BCUT2D eigenvalue weighted by molar-refractivity contribution is 6.32. The van der Waals surface area contributed by atoms with Gasteiger partial charge in [-0.2, -0.15) is 0 Å². The lowest BCUT2D eigenvalue weighted by Gasteiger charge is -2.19. The third kappa shape index (κ3) is 3.35. The van der Waals surface area contributed by atoms with Crippen molar-refractivity contribution in [2.75, 3.05) is 7.11 Å². The summed E-state index contributed by atoms with van der Waals surface area (Å²) < 4.78 is 19.2. The summed E-state index contributed by atoms with van der Waals surface area (Å²) in [5.74, 6) is 5.48. The Bertz CT molecular complexity index is 634. The Morgan fingerprint density at radius 2 is 2.00 bits per heavy atom. The second kappa shape index (κ2) is 6.89. The van der Waals surface area contributed by atoms with Crippen LogP contribution in [-0.2, 0) is 6.42 Å². The molecule has 0 aliphatic heterocycles. The molecule has 21 heavy (non-hydrogen) atoms. The molecule has 0 spiro atoms. The molecule has 0 aliphatic rings. The number of benzene rings is 2. The maximum absolute atomic E-state index is 14.2. The van der Waals surface area contributed by atoms with Gasteiger partial charge in [-0.3, -0.25) is 11.3 Å². The van der Waals surface area contributed by atoms with Crippen molar-refractivity contribution < 1.29 is 9.13 Å². The molecule has 0 radical (unpaired) electrons. The van der Waals surface area contributed by atoms with E-state index in [1.807, 2.05) is 25.1 Å². The molecule has 2 rings (SSSR count). The van der Waals surface area contributed by atoms with Gasteiger partial charge in [-0.05, 0) is 36.1 Å². The quantitative estimate of drug-likeness (QED) is 0.656. The molecule has 0 saturated heterocycles. The predicted octanol–water partition coefficient (Wildman–Crippen LogP) is 3.54. The molecule has 3 nitrogen and oxygen atoms in total. The van der Waals surface area contributed by atoms with Crippen LogP contribution in [0.3, 0.4) is 0 Å². The van der Waals surface area contributed by atoms with Crippen molar-refractivity contribution in [1.29, 1.82) is 0 Å². The SMILES string of the molecule is COc1cccc(CC(NN)c2cccc(C)c2Cl)c1F. The molecule has 0 amide bonds. The zero-order chi connectivity index (χ0) is 15.4. The van der Waals surface area contributed by atoms with Crippen molar-refractivity contribution in [3.63, 3.8) is 0 Å². The van der Waals surface area contributed by atoms with Gasteiger partial charge in [0, 0.05) is 5.02 Å². The summed E-state index contributed by atoms with van der Waals surface area (Å²) in [5.41, 5.74) is 5.04. The van der Waals surface area contributed by atoms with Crippen LogP contribution in [0.4, 0.5) is 4.39 Å². The highest BCUT2D eigenvalue weighted by Crippen LogP contribution is 2.30. The van der Waals surface area contributed by atoms with E-state index in [0.29, 0.717) is 17.0 Å². The summed E-state index contributed by atoms with van der Waals surface area (Å²) >= 11 is 6.32. The van der Waals surface area contributed by atoms with Crippen LogP contribution >= 0.6 is 11.6 Å². The molecule has 0 heterocycles. The van der Waals surface area contributed by atoms with Gasteiger partial charge < -0.3 is 4.74 Å². The molecule has 1 unspecified atom stereocenters. The largest absolute Gasteiger partial charge is 0.494 e. The number of methoxy groups -OCH3 is 1. The third-order valence-electron chi connectivity index (χ3n) is 3.49. The lowest BCUT2D eigenvalue weighted by molar-refractivity contribution is 0.382. The summed E-state index contributed by atoms with van der Waals surface area (Å²) in [4.78, 5) is 0. The molecule has 0 aliphatic carbocycles. The first-order chi connectivity index (χ1) is 10.1. The standard InChI is InChI=1S/C16H18ClFN2O/c1-10-5-3-7-12(15(10)17)13(20-19)9-11-6-4-8-14(21-2)16(11)18/h3-8,13,20H,9,19H2,1-2H3. The number of rotatable bonds is 5. The average Bonchev–Trinajstić information content (AvgIpc) is 2.49. The topological polar surface area (TPSA) is 47.3 Å². The molecule has 1 atom stereocenters. The van der Waals surface area contributed by atoms with Crippen LogP contribution in [0, 0.1) is 12.7 Å². The van der Waals surface area contributed by atoms with E-state index >= 15 is 0 Å². The number of nitrogens with one attached hydrogen (secondary N) is 1. The minimum atomic E-state index is -0.371. The smallest absolute Gasteiger partial charge is 0.168 e. The molecule has 3 N–H and O–H groups in total. The number of halogens is 2. The van der Waals surface area contributed by atoms with Gasteiger partial charge in [0.1, 0.15) is 0 Å². The molecule has 2 aromatic rings. The Kier molecular flexibility index (Phi) is 5.17. The lowest BCUT2D eigenvalue weighted by atomic mass is 9.97. The van der Waals surface area contributed by atoms with Crippen molar-refractivity contribution in [2.45, 2.75) is 19.4 Å². The van der Waals surface area contributed by atoms with Crippen LogP contribution in [-0.4, -0.2) is 7.11 Å². The minimum Gasteiger partial charge on any atom is -0.494 e. The molecular weight excluding hydrogens is 291 g/mol. The normalized spacial score (nSPS) is 12.2. The average molecular weight is 309 g/mol. The second-order valence-corrected chi connectivity index (χ2v) is 5.21. The van der Waals surface area contributed by atoms with Crippen molar-refractivity contribution in [1.82, 2.24) is 5.43 Å². The monoisotopic (exact) mass is 308 g/mol. The summed E-state index contributed by atoms with van der Waals surface area (Å²) in [6, 6.07) is 10.5. The first-order valence-corrected chi connectivity index (χ1v) is 6.98. The highest BCUT2D eigenvalue weighted by atomic mass is 35.5. The van der Waals surface area contributed by atoms with Gasteiger partial charge in [-0.25, -0.2) is 4.39 Å². The molecular formula is C16H18ClFN2O. The van der Waals surface area contributed by atoms with E-state index in [-0.39, 0.29) is 17.6 Å². The summed E-state index contributed by atoms with van der Waals surface area (Å²) in [7, 11) is 1.44. The Labute approximate surface area is 128 Å². The number of hydrazine groups is 1. The fraction of sp³-hybridized carbons (Fsp3) is 0.250. The molecule has 0 bridgehead atoms. The van der Waals surface area contributed by atoms with E-state index in [4.69, 9.17) is 22.2 Å². The van der Waals surface area contributed by atoms with Crippen LogP contribution in [0.25, 0.3) is 0 Å². The Balaban J connectivity index is 2.34. The van der Waals surface area contributed by atoms with Gasteiger partial charge in [0.25, 0.3) is 0 Å². The van der Waals surface area contributed by atoms with Crippen molar-refractivity contribution in [3.8, 4) is 5.75 Å². The van der Waals surface area contributed by atoms with E-state index in [9.17, 15) is 4.39 Å². The fourth-order valence-electron chi connectivity index (χ4n) is 2.29. The Hall–Kier alpha value is -1.62. The molecule has 0 fully saturated rings. The first-order valence-electron chi connectivity index (χ1n) is 6.61. The molecule has 5 heteroatoms. The highest BCUT2D eigenvalue weighted by Gasteiger charge is 2.18. The van der Waals surface area contributed by atoms with Crippen LogP contribution in [0.15, 0.2) is 36.4 Å². The first kappa shape index (κ1) is 15.8. The van der Waals surface area contributed by atoms with Gasteiger partial charge in [0.05, 0.1) is 13.2 Å². The number of hydrogen-bond acceptors (Lipinski definition) is 3. The van der Waals surface area contributed by atoms with Crippen molar-refractivity contribution in [3.05, 3.63) is 63.9 Å². The van der Waals surface area contributed by atoms with E-state index in [1.165, 1.54) is 7.11 Å². The van der Waals surface area contributed by atoms with Gasteiger partial charge >= 0.3 is 0 Å². The van der Waals surface area contributed by atoms with Crippen molar-refractivity contribution >= 4 is 11.6 Å². The van der Waals surface area contributed by atoms with Gasteiger partial charge in [0.15, 0.2) is 11.6 Å². The van der Waals surface area contributed by atoms with Crippen LogP contribution < -0.4 is 16.0 Å². The Morgan fingerprint density at radius 3 is 2.67 bits per heavy atom. The van der Waals surface area contributed by atoms with E-state index in [1.54, 1.807) is 18.2 Å². The fourth-order valence-corrected chi connectivity index (χ4v) is 2.55. The molecule has 0 aromatic heterocycles. The van der Waals surface area contributed by atoms with Gasteiger partial charge in [-0.1, -0.05) is 41.9 Å². The van der Waals surface area contributed by atoms with Gasteiger partial charge in [-0.15, -0.1) is 0 Å². The number of nitrogens with two attached hydrogens (primary N) is 1. The summed E-state index contributed by atoms with van der Waals surface area (Å²) in [6.07, 6.45) is 0.378. The van der Waals surface area contributed by atoms with Gasteiger partial charge in [0.2, 0.25) is 0 Å². The minimum absolute atomic E-state index is 0.221. The molecule has 2 aromatic carbocycles. The zero-order valence-electron chi connectivity index (χ0n) is 12.0. The summed E-state index contributed by atoms with van der Waals surface area (Å²) in [6.45, 7) is 1.92. The number of aryl methyl sites for hydroxylation is 1. The maximum Gasteiger partial charge on any atom is 0.168 e. The van der Waals surface area contributed by atoms with E-state index < -0.39 is 0 Å².